The predicted molar refractivity (Wildman–Crippen MR) is 116 cm³/mol. The number of fused-ring (bicyclic) bond motifs is 1. The Hall–Kier alpha value is -2.88. The summed E-state index contributed by atoms with van der Waals surface area (Å²) in [6.45, 7) is 3.15. The Morgan fingerprint density at radius 1 is 1.24 bits per heavy atom. The number of nitrogens with two attached hydrogens (primary N) is 2. The van der Waals surface area contributed by atoms with Gasteiger partial charge >= 0.3 is 0 Å². The number of hydrogen-bond donors (Lipinski definition) is 2. The van der Waals surface area contributed by atoms with E-state index in [1.165, 1.54) is 6.07 Å². The molecule has 7 heteroatoms. The van der Waals surface area contributed by atoms with Crippen molar-refractivity contribution in [3.63, 3.8) is 0 Å². The van der Waals surface area contributed by atoms with Crippen molar-refractivity contribution in [1.82, 2.24) is 14.9 Å². The van der Waals surface area contributed by atoms with Crippen LogP contribution in [-0.2, 0) is 0 Å². The van der Waals surface area contributed by atoms with Gasteiger partial charge in [-0.3, -0.25) is 4.90 Å². The van der Waals surface area contributed by atoms with Gasteiger partial charge in [-0.1, -0.05) is 29.5 Å². The van der Waals surface area contributed by atoms with E-state index in [4.69, 9.17) is 23.1 Å². The lowest BCUT2D eigenvalue weighted by molar-refractivity contribution is 0.262. The molecule has 1 saturated heterocycles. The lowest BCUT2D eigenvalue weighted by atomic mass is 9.99. The third-order valence-corrected chi connectivity index (χ3v) is 5.85. The van der Waals surface area contributed by atoms with E-state index in [2.05, 4.69) is 40.7 Å². The fourth-order valence-corrected chi connectivity index (χ4v) is 3.75. The van der Waals surface area contributed by atoms with E-state index in [9.17, 15) is 4.39 Å². The Labute approximate surface area is 173 Å². The molecule has 1 aromatic heterocycles. The van der Waals surface area contributed by atoms with E-state index in [0.717, 1.165) is 19.4 Å². The summed E-state index contributed by atoms with van der Waals surface area (Å²) >= 11 is 5.90. The van der Waals surface area contributed by atoms with Gasteiger partial charge in [0.2, 0.25) is 0 Å². The zero-order chi connectivity index (χ0) is 20.8. The second-order valence-corrected chi connectivity index (χ2v) is 7.95. The third kappa shape index (κ3) is 3.48. The molecule has 1 unspecified atom stereocenters. The molecular formula is C22H21ClFN5. The molecule has 3 aromatic rings. The van der Waals surface area contributed by atoms with Crippen LogP contribution in [0, 0.1) is 17.7 Å². The number of halogens is 2. The maximum Gasteiger partial charge on any atom is 0.165 e. The zero-order valence-electron chi connectivity index (χ0n) is 16.3. The van der Waals surface area contributed by atoms with E-state index < -0.39 is 5.82 Å². The number of benzene rings is 2. The van der Waals surface area contributed by atoms with Crippen molar-refractivity contribution in [2.75, 3.05) is 25.1 Å². The van der Waals surface area contributed by atoms with Gasteiger partial charge in [0.1, 0.15) is 5.82 Å². The number of anilines is 2. The molecular weight excluding hydrogens is 389 g/mol. The minimum atomic E-state index is -0.583. The van der Waals surface area contributed by atoms with Crippen molar-refractivity contribution < 1.29 is 4.39 Å². The van der Waals surface area contributed by atoms with Crippen LogP contribution in [0.15, 0.2) is 30.3 Å². The summed E-state index contributed by atoms with van der Waals surface area (Å²) in [6, 6.07) is 8.17. The molecule has 1 aliphatic heterocycles. The normalized spacial score (nSPS) is 19.3. The van der Waals surface area contributed by atoms with Crippen LogP contribution in [0.2, 0.25) is 5.02 Å². The van der Waals surface area contributed by atoms with Crippen molar-refractivity contribution in [3.05, 3.63) is 46.7 Å². The number of aromatic nitrogens is 2. The minimum Gasteiger partial charge on any atom is -0.398 e. The molecule has 4 N–H and O–H groups in total. The molecule has 148 valence electrons. The molecule has 1 aliphatic rings. The van der Waals surface area contributed by atoms with Gasteiger partial charge in [0.05, 0.1) is 21.6 Å². The summed E-state index contributed by atoms with van der Waals surface area (Å²) < 4.78 is 14.4. The number of hydrogen-bond acceptors (Lipinski definition) is 5. The molecule has 1 atom stereocenters. The lowest BCUT2D eigenvalue weighted by Gasteiger charge is -2.26. The average molecular weight is 410 g/mol. The molecule has 4 rings (SSSR count). The van der Waals surface area contributed by atoms with Crippen LogP contribution in [0.3, 0.4) is 0 Å². The number of nitrogen functional groups attached to an aromatic ring is 2. The maximum atomic E-state index is 14.4. The fraction of sp³-hybridized carbons (Fsp3) is 0.273. The Bertz CT molecular complexity index is 1180. The third-order valence-electron chi connectivity index (χ3n) is 5.56. The summed E-state index contributed by atoms with van der Waals surface area (Å²) in [5, 5.41) is 0.603. The summed E-state index contributed by atoms with van der Waals surface area (Å²) in [5.74, 6) is 6.36. The van der Waals surface area contributed by atoms with Crippen molar-refractivity contribution in [3.8, 4) is 23.2 Å². The maximum absolute atomic E-state index is 14.4. The van der Waals surface area contributed by atoms with Crippen LogP contribution in [0.5, 0.6) is 0 Å². The van der Waals surface area contributed by atoms with Gasteiger partial charge in [0, 0.05) is 16.6 Å². The highest BCUT2D eigenvalue weighted by Crippen LogP contribution is 2.31. The summed E-state index contributed by atoms with van der Waals surface area (Å²) in [4.78, 5) is 11.0. The van der Waals surface area contributed by atoms with Crippen LogP contribution >= 0.6 is 11.6 Å². The van der Waals surface area contributed by atoms with Crippen molar-refractivity contribution in [2.45, 2.75) is 25.3 Å². The minimum absolute atomic E-state index is 0.00237. The molecule has 2 aromatic carbocycles. The number of likely N-dealkylation sites (tertiary alicyclic amines) is 1. The van der Waals surface area contributed by atoms with Gasteiger partial charge < -0.3 is 11.5 Å². The summed E-state index contributed by atoms with van der Waals surface area (Å²) in [5.41, 5.74) is 14.0. The molecule has 1 fully saturated rings. The molecule has 0 radical (unpaired) electrons. The quantitative estimate of drug-likeness (QED) is 0.467. The van der Waals surface area contributed by atoms with Gasteiger partial charge in [0.15, 0.2) is 11.6 Å². The van der Waals surface area contributed by atoms with Crippen LogP contribution in [0.25, 0.3) is 22.3 Å². The summed E-state index contributed by atoms with van der Waals surface area (Å²) in [6.07, 6.45) is 2.13. The SMILES string of the molecule is CN1CCCC1(C)C#Cc1cc2nc(-c3cccc(Cl)c3F)nc(N)c2cc1N. The van der Waals surface area contributed by atoms with Crippen molar-refractivity contribution >= 4 is 34.0 Å². The van der Waals surface area contributed by atoms with Crippen molar-refractivity contribution in [2.24, 2.45) is 0 Å². The van der Waals surface area contributed by atoms with Crippen LogP contribution < -0.4 is 11.5 Å². The Morgan fingerprint density at radius 2 is 2.03 bits per heavy atom. The predicted octanol–water partition coefficient (Wildman–Crippen LogP) is 4.09. The van der Waals surface area contributed by atoms with Gasteiger partial charge in [-0.05, 0) is 57.6 Å². The largest absolute Gasteiger partial charge is 0.398 e. The Balaban J connectivity index is 1.83. The zero-order valence-corrected chi connectivity index (χ0v) is 17.0. The van der Waals surface area contributed by atoms with E-state index in [0.29, 0.717) is 22.2 Å². The van der Waals surface area contributed by atoms with Gasteiger partial charge in [0.25, 0.3) is 0 Å². The van der Waals surface area contributed by atoms with Crippen molar-refractivity contribution in [1.29, 1.82) is 0 Å². The molecule has 0 amide bonds. The highest BCUT2D eigenvalue weighted by atomic mass is 35.5. The van der Waals surface area contributed by atoms with Gasteiger partial charge in [-0.15, -0.1) is 0 Å². The second kappa shape index (κ2) is 7.18. The molecule has 0 bridgehead atoms. The molecule has 0 spiro atoms. The molecule has 0 aliphatic carbocycles. The smallest absolute Gasteiger partial charge is 0.165 e. The lowest BCUT2D eigenvalue weighted by Crippen LogP contribution is -2.36. The first-order chi connectivity index (χ1) is 13.8. The highest BCUT2D eigenvalue weighted by Gasteiger charge is 2.31. The first-order valence-electron chi connectivity index (χ1n) is 9.34. The van der Waals surface area contributed by atoms with E-state index in [1.807, 2.05) is 0 Å². The average Bonchev–Trinajstić information content (AvgIpc) is 3.02. The first kappa shape index (κ1) is 19.4. The Kier molecular flexibility index (Phi) is 4.81. The molecule has 29 heavy (non-hydrogen) atoms. The topological polar surface area (TPSA) is 81.1 Å². The number of rotatable bonds is 1. The summed E-state index contributed by atoms with van der Waals surface area (Å²) in [7, 11) is 2.07. The highest BCUT2D eigenvalue weighted by molar-refractivity contribution is 6.31. The number of nitrogens with zero attached hydrogens (tertiary/aromatic N) is 3. The van der Waals surface area contributed by atoms with E-state index >= 15 is 0 Å². The fourth-order valence-electron chi connectivity index (χ4n) is 3.58. The van der Waals surface area contributed by atoms with E-state index in [-0.39, 0.29) is 27.8 Å². The Morgan fingerprint density at radius 3 is 2.76 bits per heavy atom. The standard InChI is InChI=1S/C22H21ClFN5/c1-22(8-4-10-29(22)2)9-7-13-11-18-15(12-17(13)25)20(26)28-21(27-18)14-5-3-6-16(23)19(14)24/h3,5-6,11-12H,4,8,10,25H2,1-2H3,(H2,26,27,28). The van der Waals surface area contributed by atoms with Crippen LogP contribution in [0.4, 0.5) is 15.9 Å². The molecule has 2 heterocycles. The van der Waals surface area contributed by atoms with Crippen LogP contribution in [-0.4, -0.2) is 34.0 Å². The van der Waals surface area contributed by atoms with Gasteiger partial charge in [-0.2, -0.15) is 0 Å². The molecule has 0 saturated carbocycles. The molecule has 5 nitrogen and oxygen atoms in total. The van der Waals surface area contributed by atoms with E-state index in [1.54, 1.807) is 24.3 Å². The first-order valence-corrected chi connectivity index (χ1v) is 9.72. The monoisotopic (exact) mass is 409 g/mol. The second-order valence-electron chi connectivity index (χ2n) is 7.54. The van der Waals surface area contributed by atoms with Gasteiger partial charge in [-0.25, -0.2) is 14.4 Å². The van der Waals surface area contributed by atoms with Crippen LogP contribution in [0.1, 0.15) is 25.3 Å².